The van der Waals surface area contributed by atoms with Gasteiger partial charge in [-0.2, -0.15) is 0 Å². The first kappa shape index (κ1) is 13.3. The van der Waals surface area contributed by atoms with Crippen LogP contribution in [0, 0.1) is 0 Å². The molecule has 3 N–H and O–H groups in total. The van der Waals surface area contributed by atoms with Crippen LogP contribution in [-0.2, 0) is 13.0 Å². The van der Waals surface area contributed by atoms with Crippen LogP contribution in [-0.4, -0.2) is 9.97 Å². The molecule has 0 spiro atoms. The fourth-order valence-corrected chi connectivity index (χ4v) is 1.70. The van der Waals surface area contributed by atoms with Gasteiger partial charge in [-0.05, 0) is 24.1 Å². The van der Waals surface area contributed by atoms with Crippen molar-refractivity contribution in [2.75, 3.05) is 5.43 Å². The molecule has 0 aliphatic carbocycles. The molecule has 1 aromatic carbocycles. The highest BCUT2D eigenvalue weighted by Gasteiger charge is 1.99. The van der Waals surface area contributed by atoms with Gasteiger partial charge in [0.25, 0.3) is 0 Å². The molecule has 100 valence electrons. The summed E-state index contributed by atoms with van der Waals surface area (Å²) in [6.07, 6.45) is 5.46. The van der Waals surface area contributed by atoms with Crippen LogP contribution in [0.2, 0.25) is 0 Å². The number of rotatable bonds is 6. The second kappa shape index (κ2) is 6.70. The van der Waals surface area contributed by atoms with Gasteiger partial charge in [-0.25, -0.2) is 10.8 Å². The number of benzene rings is 1. The van der Waals surface area contributed by atoms with Crippen LogP contribution < -0.4 is 16.0 Å². The molecule has 0 bridgehead atoms. The third kappa shape index (κ3) is 3.93. The van der Waals surface area contributed by atoms with E-state index in [0.717, 1.165) is 24.3 Å². The summed E-state index contributed by atoms with van der Waals surface area (Å²) in [6.45, 7) is 2.56. The molecule has 0 aliphatic rings. The summed E-state index contributed by atoms with van der Waals surface area (Å²) in [5, 5.41) is 0. The molecule has 0 unspecified atom stereocenters. The second-order valence-corrected chi connectivity index (χ2v) is 4.22. The summed E-state index contributed by atoms with van der Waals surface area (Å²) in [5.41, 5.74) is 4.52. The quantitative estimate of drug-likeness (QED) is 0.614. The third-order valence-corrected chi connectivity index (χ3v) is 2.70. The summed E-state index contributed by atoms with van der Waals surface area (Å²) < 4.78 is 5.64. The topological polar surface area (TPSA) is 73.1 Å². The zero-order valence-corrected chi connectivity index (χ0v) is 11.0. The lowest BCUT2D eigenvalue weighted by Gasteiger charge is -2.07. The Morgan fingerprint density at radius 1 is 1.16 bits per heavy atom. The molecule has 0 saturated heterocycles. The zero-order chi connectivity index (χ0) is 13.5. The number of anilines is 1. The zero-order valence-electron chi connectivity index (χ0n) is 11.0. The highest BCUT2D eigenvalue weighted by Crippen LogP contribution is 2.14. The van der Waals surface area contributed by atoms with E-state index in [4.69, 9.17) is 10.6 Å². The van der Waals surface area contributed by atoms with Crippen molar-refractivity contribution in [3.8, 4) is 5.75 Å². The van der Waals surface area contributed by atoms with Crippen LogP contribution in [0.1, 0.15) is 24.6 Å². The lowest BCUT2D eigenvalue weighted by atomic mass is 10.1. The molecule has 2 rings (SSSR count). The predicted molar refractivity (Wildman–Crippen MR) is 74.6 cm³/mol. The Kier molecular flexibility index (Phi) is 4.69. The van der Waals surface area contributed by atoms with Gasteiger partial charge in [0.1, 0.15) is 12.4 Å². The van der Waals surface area contributed by atoms with Crippen LogP contribution >= 0.6 is 0 Å². The van der Waals surface area contributed by atoms with E-state index in [1.54, 1.807) is 12.4 Å². The van der Waals surface area contributed by atoms with Gasteiger partial charge in [0.2, 0.25) is 0 Å². The first-order valence-electron chi connectivity index (χ1n) is 6.31. The minimum atomic E-state index is 0.394. The summed E-state index contributed by atoms with van der Waals surface area (Å²) in [4.78, 5) is 8.25. The maximum Gasteiger partial charge on any atom is 0.158 e. The Morgan fingerprint density at radius 2 is 1.95 bits per heavy atom. The fraction of sp³-hybridized carbons (Fsp3) is 0.286. The third-order valence-electron chi connectivity index (χ3n) is 2.70. The largest absolute Gasteiger partial charge is 0.487 e. The van der Waals surface area contributed by atoms with E-state index in [0.29, 0.717) is 12.4 Å². The van der Waals surface area contributed by atoms with Crippen molar-refractivity contribution >= 4 is 5.82 Å². The van der Waals surface area contributed by atoms with Crippen molar-refractivity contribution < 1.29 is 4.74 Å². The molecule has 2 aromatic rings. The Balaban J connectivity index is 1.90. The Bertz CT molecular complexity index is 496. The Labute approximate surface area is 112 Å². The smallest absolute Gasteiger partial charge is 0.158 e. The molecule has 0 amide bonds. The van der Waals surface area contributed by atoms with E-state index < -0.39 is 0 Å². The summed E-state index contributed by atoms with van der Waals surface area (Å²) in [5.74, 6) is 6.59. The Hall–Kier alpha value is -2.14. The van der Waals surface area contributed by atoms with Crippen molar-refractivity contribution in [2.45, 2.75) is 26.4 Å². The van der Waals surface area contributed by atoms with Crippen LogP contribution in [0.15, 0.2) is 36.7 Å². The molecule has 0 saturated carbocycles. The summed E-state index contributed by atoms with van der Waals surface area (Å²) in [6, 6.07) is 8.14. The lowest BCUT2D eigenvalue weighted by Crippen LogP contribution is -2.09. The van der Waals surface area contributed by atoms with E-state index in [9.17, 15) is 0 Å². The van der Waals surface area contributed by atoms with Crippen molar-refractivity contribution in [1.82, 2.24) is 9.97 Å². The number of nitrogens with two attached hydrogens (primary N) is 1. The van der Waals surface area contributed by atoms with Crippen LogP contribution in [0.25, 0.3) is 0 Å². The highest BCUT2D eigenvalue weighted by molar-refractivity contribution is 5.29. The van der Waals surface area contributed by atoms with Gasteiger partial charge in [0.15, 0.2) is 5.82 Å². The standard InChI is InChI=1S/C14H18N4O/c1-2-3-11-4-6-13(7-5-11)19-10-12-8-17-14(18-15)9-16-12/h4-9H,2-3,10,15H2,1H3,(H,17,18). The molecule has 1 heterocycles. The van der Waals surface area contributed by atoms with Gasteiger partial charge < -0.3 is 10.2 Å². The average molecular weight is 258 g/mol. The predicted octanol–water partition coefficient (Wildman–Crippen LogP) is 2.29. The van der Waals surface area contributed by atoms with E-state index in [-0.39, 0.29) is 0 Å². The van der Waals surface area contributed by atoms with E-state index >= 15 is 0 Å². The molecular formula is C14H18N4O. The normalized spacial score (nSPS) is 10.2. The van der Waals surface area contributed by atoms with Crippen LogP contribution in [0.3, 0.4) is 0 Å². The lowest BCUT2D eigenvalue weighted by molar-refractivity contribution is 0.300. The Morgan fingerprint density at radius 3 is 2.53 bits per heavy atom. The SMILES string of the molecule is CCCc1ccc(OCc2cnc(NN)cn2)cc1. The van der Waals surface area contributed by atoms with Crippen molar-refractivity contribution in [2.24, 2.45) is 5.84 Å². The fourth-order valence-electron chi connectivity index (χ4n) is 1.70. The van der Waals surface area contributed by atoms with E-state index in [2.05, 4.69) is 34.5 Å². The van der Waals surface area contributed by atoms with Crippen LogP contribution in [0.4, 0.5) is 5.82 Å². The van der Waals surface area contributed by atoms with Crippen molar-refractivity contribution in [3.05, 3.63) is 47.9 Å². The van der Waals surface area contributed by atoms with Gasteiger partial charge >= 0.3 is 0 Å². The van der Waals surface area contributed by atoms with Crippen molar-refractivity contribution in [1.29, 1.82) is 0 Å². The average Bonchev–Trinajstić information content (AvgIpc) is 2.47. The minimum absolute atomic E-state index is 0.394. The summed E-state index contributed by atoms with van der Waals surface area (Å²) in [7, 11) is 0. The molecule has 5 nitrogen and oxygen atoms in total. The minimum Gasteiger partial charge on any atom is -0.487 e. The first-order valence-corrected chi connectivity index (χ1v) is 6.31. The number of aromatic nitrogens is 2. The van der Waals surface area contributed by atoms with Gasteiger partial charge in [0, 0.05) is 0 Å². The first-order chi connectivity index (χ1) is 9.31. The maximum absolute atomic E-state index is 5.64. The van der Waals surface area contributed by atoms with Gasteiger partial charge in [0.05, 0.1) is 18.1 Å². The van der Waals surface area contributed by atoms with Crippen molar-refractivity contribution in [3.63, 3.8) is 0 Å². The number of nitrogens with one attached hydrogen (secondary N) is 1. The highest BCUT2D eigenvalue weighted by atomic mass is 16.5. The number of hydrogen-bond donors (Lipinski definition) is 2. The van der Waals surface area contributed by atoms with Crippen LogP contribution in [0.5, 0.6) is 5.75 Å². The number of ether oxygens (including phenoxy) is 1. The van der Waals surface area contributed by atoms with Gasteiger partial charge in [-0.1, -0.05) is 25.5 Å². The molecule has 5 heteroatoms. The van der Waals surface area contributed by atoms with E-state index in [1.807, 2.05) is 12.1 Å². The second-order valence-electron chi connectivity index (χ2n) is 4.22. The molecule has 0 atom stereocenters. The molecule has 0 radical (unpaired) electrons. The number of hydrogen-bond acceptors (Lipinski definition) is 5. The van der Waals surface area contributed by atoms with E-state index in [1.165, 1.54) is 5.56 Å². The molecule has 0 fully saturated rings. The number of hydrazine groups is 1. The van der Waals surface area contributed by atoms with Gasteiger partial charge in [-0.15, -0.1) is 0 Å². The molecule has 0 aliphatic heterocycles. The molecule has 1 aromatic heterocycles. The number of aryl methyl sites for hydroxylation is 1. The van der Waals surface area contributed by atoms with Gasteiger partial charge in [-0.3, -0.25) is 4.98 Å². The maximum atomic E-state index is 5.64. The monoisotopic (exact) mass is 258 g/mol. The summed E-state index contributed by atoms with van der Waals surface area (Å²) >= 11 is 0. The number of nitrogens with zero attached hydrogens (tertiary/aromatic N) is 2. The molecular weight excluding hydrogens is 240 g/mol. The molecule has 19 heavy (non-hydrogen) atoms. The number of nitrogen functional groups attached to an aromatic ring is 1.